The fourth-order valence-electron chi connectivity index (χ4n) is 2.71. The quantitative estimate of drug-likeness (QED) is 0.881. The summed E-state index contributed by atoms with van der Waals surface area (Å²) >= 11 is 0. The minimum atomic E-state index is -0.397. The molecule has 3 N–H and O–H groups in total. The Balaban J connectivity index is 2.14. The Hall–Kier alpha value is -2.63. The molecule has 1 aliphatic heterocycles. The van der Waals surface area contributed by atoms with Gasteiger partial charge in [0.05, 0.1) is 12.2 Å². The topological polar surface area (TPSA) is 90.0 Å². The van der Waals surface area contributed by atoms with Crippen LogP contribution in [0.4, 0.5) is 0 Å². The summed E-state index contributed by atoms with van der Waals surface area (Å²) in [4.78, 5) is 27.6. The van der Waals surface area contributed by atoms with Gasteiger partial charge in [-0.2, -0.15) is 0 Å². The minimum Gasteiger partial charge on any atom is -0.370 e. The van der Waals surface area contributed by atoms with Gasteiger partial charge in [0.1, 0.15) is 11.5 Å². The van der Waals surface area contributed by atoms with Crippen LogP contribution in [0.1, 0.15) is 28.5 Å². The molecule has 0 spiro atoms. The highest BCUT2D eigenvalue weighted by molar-refractivity contribution is 5.94. The van der Waals surface area contributed by atoms with E-state index in [0.717, 1.165) is 11.1 Å². The molecular formula is C15H16N4O2. The van der Waals surface area contributed by atoms with Gasteiger partial charge in [0, 0.05) is 18.5 Å². The Labute approximate surface area is 122 Å². The molecule has 1 atom stereocenters. The van der Waals surface area contributed by atoms with E-state index in [-0.39, 0.29) is 18.4 Å². The third kappa shape index (κ3) is 2.29. The maximum atomic E-state index is 12.0. The van der Waals surface area contributed by atoms with Crippen molar-refractivity contribution >= 4 is 11.8 Å². The normalized spacial score (nSPS) is 17.2. The lowest BCUT2D eigenvalue weighted by molar-refractivity contribution is -0.118. The standard InChI is InChI=1S/C15H16N4O2/c1-9-4-2-3-5-11(9)14-17-8-12-15(21)18-7-10(19(12)14)6-13(16)20/h2-5,8,10H,6-7H2,1H3,(H2,16,20)(H,18,21). The molecule has 3 rings (SSSR count). The molecule has 1 aliphatic rings. The maximum Gasteiger partial charge on any atom is 0.269 e. The summed E-state index contributed by atoms with van der Waals surface area (Å²) in [7, 11) is 0. The molecule has 1 unspecified atom stereocenters. The first-order valence-electron chi connectivity index (χ1n) is 6.77. The van der Waals surface area contributed by atoms with Gasteiger partial charge in [-0.1, -0.05) is 24.3 Å². The van der Waals surface area contributed by atoms with E-state index < -0.39 is 5.91 Å². The van der Waals surface area contributed by atoms with Crippen molar-refractivity contribution in [2.45, 2.75) is 19.4 Å². The second-order valence-electron chi connectivity index (χ2n) is 5.19. The first-order chi connectivity index (χ1) is 10.1. The van der Waals surface area contributed by atoms with Crippen LogP contribution in [0, 0.1) is 6.92 Å². The van der Waals surface area contributed by atoms with E-state index in [4.69, 9.17) is 5.73 Å². The molecule has 2 heterocycles. The molecule has 2 aromatic rings. The molecule has 108 valence electrons. The molecule has 1 aromatic heterocycles. The minimum absolute atomic E-state index is 0.169. The number of aryl methyl sites for hydroxylation is 1. The van der Waals surface area contributed by atoms with Crippen molar-refractivity contribution in [2.24, 2.45) is 5.73 Å². The Morgan fingerprint density at radius 1 is 1.48 bits per heavy atom. The molecular weight excluding hydrogens is 268 g/mol. The average molecular weight is 284 g/mol. The number of imidazole rings is 1. The van der Waals surface area contributed by atoms with Crippen LogP contribution in [-0.4, -0.2) is 27.9 Å². The number of hydrogen-bond donors (Lipinski definition) is 2. The van der Waals surface area contributed by atoms with E-state index in [9.17, 15) is 9.59 Å². The Morgan fingerprint density at radius 3 is 2.95 bits per heavy atom. The number of rotatable bonds is 3. The summed E-state index contributed by atoms with van der Waals surface area (Å²) in [6.07, 6.45) is 1.72. The highest BCUT2D eigenvalue weighted by Crippen LogP contribution is 2.29. The zero-order valence-corrected chi connectivity index (χ0v) is 11.7. The maximum absolute atomic E-state index is 12.0. The lowest BCUT2D eigenvalue weighted by Gasteiger charge is -2.27. The van der Waals surface area contributed by atoms with Crippen molar-refractivity contribution in [3.05, 3.63) is 41.7 Å². The van der Waals surface area contributed by atoms with Crippen molar-refractivity contribution in [1.29, 1.82) is 0 Å². The van der Waals surface area contributed by atoms with Crippen LogP contribution >= 0.6 is 0 Å². The Bertz CT molecular complexity index is 720. The molecule has 0 radical (unpaired) electrons. The molecule has 0 aliphatic carbocycles. The third-order valence-corrected chi connectivity index (χ3v) is 3.72. The van der Waals surface area contributed by atoms with Gasteiger partial charge in [-0.15, -0.1) is 0 Å². The highest BCUT2D eigenvalue weighted by atomic mass is 16.2. The van der Waals surface area contributed by atoms with Gasteiger partial charge in [-0.3, -0.25) is 9.59 Å². The molecule has 0 saturated heterocycles. The third-order valence-electron chi connectivity index (χ3n) is 3.72. The molecule has 6 heteroatoms. The number of carbonyl (C=O) groups is 2. The zero-order chi connectivity index (χ0) is 15.0. The first-order valence-corrected chi connectivity index (χ1v) is 6.77. The SMILES string of the molecule is Cc1ccccc1-c1ncc2n1C(CC(N)=O)CNC2=O. The number of amides is 2. The average Bonchev–Trinajstić information content (AvgIpc) is 2.88. The number of benzene rings is 1. The summed E-state index contributed by atoms with van der Waals surface area (Å²) in [5.74, 6) is 0.124. The second kappa shape index (κ2) is 5.05. The van der Waals surface area contributed by atoms with Crippen molar-refractivity contribution < 1.29 is 9.59 Å². The van der Waals surface area contributed by atoms with Crippen molar-refractivity contribution in [3.8, 4) is 11.4 Å². The predicted octanol–water partition coefficient (Wildman–Crippen LogP) is 1.02. The Kier molecular flexibility index (Phi) is 3.21. The largest absolute Gasteiger partial charge is 0.370 e. The number of fused-ring (bicyclic) bond motifs is 1. The van der Waals surface area contributed by atoms with Crippen LogP contribution in [0.5, 0.6) is 0 Å². The number of nitrogens with two attached hydrogens (primary N) is 1. The molecule has 21 heavy (non-hydrogen) atoms. The van der Waals surface area contributed by atoms with Crippen molar-refractivity contribution in [3.63, 3.8) is 0 Å². The van der Waals surface area contributed by atoms with Gasteiger partial charge in [0.2, 0.25) is 5.91 Å². The van der Waals surface area contributed by atoms with Crippen LogP contribution in [0.3, 0.4) is 0 Å². The zero-order valence-electron chi connectivity index (χ0n) is 11.7. The summed E-state index contributed by atoms with van der Waals surface area (Å²) in [6.45, 7) is 2.37. The van der Waals surface area contributed by atoms with Gasteiger partial charge in [0.25, 0.3) is 5.91 Å². The van der Waals surface area contributed by atoms with Gasteiger partial charge in [0.15, 0.2) is 0 Å². The van der Waals surface area contributed by atoms with Gasteiger partial charge in [-0.05, 0) is 12.5 Å². The fourth-order valence-corrected chi connectivity index (χ4v) is 2.71. The molecule has 2 amide bonds. The monoisotopic (exact) mass is 284 g/mol. The fraction of sp³-hybridized carbons (Fsp3) is 0.267. The van der Waals surface area contributed by atoms with Gasteiger partial charge in [-0.25, -0.2) is 4.98 Å². The number of hydrogen-bond acceptors (Lipinski definition) is 3. The highest BCUT2D eigenvalue weighted by Gasteiger charge is 2.29. The first kappa shape index (κ1) is 13.4. The van der Waals surface area contributed by atoms with Crippen molar-refractivity contribution in [2.75, 3.05) is 6.54 Å². The van der Waals surface area contributed by atoms with Crippen molar-refractivity contribution in [1.82, 2.24) is 14.9 Å². The summed E-state index contributed by atoms with van der Waals surface area (Å²) in [6, 6.07) is 7.62. The number of primary amides is 1. The number of carbonyl (C=O) groups excluding carboxylic acids is 2. The Morgan fingerprint density at radius 2 is 2.24 bits per heavy atom. The van der Waals surface area contributed by atoms with Gasteiger partial charge < -0.3 is 15.6 Å². The van der Waals surface area contributed by atoms with E-state index in [2.05, 4.69) is 10.3 Å². The molecule has 0 bridgehead atoms. The summed E-state index contributed by atoms with van der Waals surface area (Å²) < 4.78 is 1.83. The lowest BCUT2D eigenvalue weighted by atomic mass is 10.1. The summed E-state index contributed by atoms with van der Waals surface area (Å²) in [5.41, 5.74) is 7.80. The van der Waals surface area contributed by atoms with Crippen LogP contribution in [0.15, 0.2) is 30.5 Å². The second-order valence-corrected chi connectivity index (χ2v) is 5.19. The summed E-state index contributed by atoms with van der Waals surface area (Å²) in [5, 5.41) is 2.77. The van der Waals surface area contributed by atoms with Crippen LogP contribution in [-0.2, 0) is 4.79 Å². The van der Waals surface area contributed by atoms with Crippen LogP contribution in [0.2, 0.25) is 0 Å². The van der Waals surface area contributed by atoms with Crippen LogP contribution in [0.25, 0.3) is 11.4 Å². The predicted molar refractivity (Wildman–Crippen MR) is 77.6 cm³/mol. The lowest BCUT2D eigenvalue weighted by Crippen LogP contribution is -2.40. The van der Waals surface area contributed by atoms with E-state index in [1.165, 1.54) is 0 Å². The molecule has 0 saturated carbocycles. The van der Waals surface area contributed by atoms with E-state index in [1.807, 2.05) is 35.8 Å². The van der Waals surface area contributed by atoms with Crippen LogP contribution < -0.4 is 11.1 Å². The molecule has 0 fully saturated rings. The molecule has 6 nitrogen and oxygen atoms in total. The van der Waals surface area contributed by atoms with E-state index in [1.54, 1.807) is 6.20 Å². The number of aromatic nitrogens is 2. The van der Waals surface area contributed by atoms with Gasteiger partial charge >= 0.3 is 0 Å². The van der Waals surface area contributed by atoms with E-state index >= 15 is 0 Å². The number of nitrogens with zero attached hydrogens (tertiary/aromatic N) is 2. The smallest absolute Gasteiger partial charge is 0.269 e. The molecule has 1 aromatic carbocycles. The number of nitrogens with one attached hydrogen (secondary N) is 1. The van der Waals surface area contributed by atoms with E-state index in [0.29, 0.717) is 18.1 Å².